The van der Waals surface area contributed by atoms with Crippen LogP contribution in [0.1, 0.15) is 1.43 Å². The van der Waals surface area contributed by atoms with Gasteiger partial charge in [0.2, 0.25) is 0 Å². The van der Waals surface area contributed by atoms with E-state index < -0.39 is 0 Å². The van der Waals surface area contributed by atoms with Crippen LogP contribution in [-0.4, -0.2) is 0 Å². The van der Waals surface area contributed by atoms with E-state index in [4.69, 9.17) is 0 Å². The molecule has 0 aromatic heterocycles. The van der Waals surface area contributed by atoms with Crippen LogP contribution in [0.15, 0.2) is 0 Å². The molecule has 0 unspecified atom stereocenters. The monoisotopic (exact) mass is 170 g/mol. The maximum Gasteiger partial charge on any atom is 3.00 e. The van der Waals surface area contributed by atoms with Gasteiger partial charge < -0.3 is 15.5 Å². The van der Waals surface area contributed by atoms with E-state index in [2.05, 4.69) is 0 Å². The normalized spacial score (nSPS) is 0. The number of hydrogen-bond acceptors (Lipinski definition) is 0. The Bertz CT molecular complexity index is 10.8. The Labute approximate surface area is 76.8 Å². The SMILES string of the molecule is [F-].[F-].[F-].[H-].[Na+].[Y+3]. The Hall–Kier alpha value is 1.89. The van der Waals surface area contributed by atoms with Gasteiger partial charge in [-0.25, -0.2) is 0 Å². The molecule has 0 amide bonds. The third-order valence-corrected chi connectivity index (χ3v) is 0. The van der Waals surface area contributed by atoms with E-state index in [9.17, 15) is 0 Å². The molecule has 0 atom stereocenters. The minimum atomic E-state index is 0. The van der Waals surface area contributed by atoms with E-state index in [1.54, 1.807) is 0 Å². The van der Waals surface area contributed by atoms with Gasteiger partial charge in [-0.2, -0.15) is 0 Å². The van der Waals surface area contributed by atoms with Gasteiger partial charge in [-0.15, -0.1) is 0 Å². The van der Waals surface area contributed by atoms with Crippen molar-refractivity contribution in [3.05, 3.63) is 0 Å². The van der Waals surface area contributed by atoms with E-state index >= 15 is 0 Å². The molecule has 0 aliphatic rings. The zero-order chi connectivity index (χ0) is 0. The van der Waals surface area contributed by atoms with Crippen molar-refractivity contribution in [3.8, 4) is 0 Å². The molecule has 0 bridgehead atoms. The van der Waals surface area contributed by atoms with Gasteiger partial charge in [0.1, 0.15) is 0 Å². The summed E-state index contributed by atoms with van der Waals surface area (Å²) in [6.07, 6.45) is 0. The second kappa shape index (κ2) is 39.4. The van der Waals surface area contributed by atoms with Crippen LogP contribution in [0.5, 0.6) is 0 Å². The van der Waals surface area contributed by atoms with Gasteiger partial charge in [-0.3, -0.25) is 0 Å². The van der Waals surface area contributed by atoms with Crippen LogP contribution in [0.25, 0.3) is 0 Å². The fraction of sp³-hybridized carbons (Fsp3) is 0. The Morgan fingerprint density at radius 3 is 0.800 bits per heavy atom. The molecule has 0 aliphatic heterocycles. The summed E-state index contributed by atoms with van der Waals surface area (Å²) >= 11 is 0. The maximum atomic E-state index is 0. The van der Waals surface area contributed by atoms with E-state index in [0.717, 1.165) is 0 Å². The van der Waals surface area contributed by atoms with Gasteiger partial charge in [0.15, 0.2) is 0 Å². The molecule has 0 saturated heterocycles. The van der Waals surface area contributed by atoms with Crippen molar-refractivity contribution in [1.82, 2.24) is 0 Å². The number of hydrogen-bond donors (Lipinski definition) is 0. The summed E-state index contributed by atoms with van der Waals surface area (Å²) in [5.41, 5.74) is 0. The second-order valence-electron chi connectivity index (χ2n) is 0. The van der Waals surface area contributed by atoms with E-state index in [1.165, 1.54) is 0 Å². The smallest absolute Gasteiger partial charge is 1.00 e. The van der Waals surface area contributed by atoms with E-state index in [1.807, 2.05) is 0 Å². The van der Waals surface area contributed by atoms with Crippen LogP contribution < -0.4 is 43.7 Å². The first kappa shape index (κ1) is 66.8. The van der Waals surface area contributed by atoms with Crippen LogP contribution in [0.2, 0.25) is 0 Å². The third kappa shape index (κ3) is 24.9. The Morgan fingerprint density at radius 1 is 0.800 bits per heavy atom. The van der Waals surface area contributed by atoms with Crippen LogP contribution in [0, 0.1) is 0 Å². The fourth-order valence-electron chi connectivity index (χ4n) is 0. The summed E-state index contributed by atoms with van der Waals surface area (Å²) in [6.45, 7) is 0. The molecule has 0 fully saturated rings. The van der Waals surface area contributed by atoms with Gasteiger partial charge in [0.05, 0.1) is 0 Å². The Morgan fingerprint density at radius 2 is 0.800 bits per heavy atom. The summed E-state index contributed by atoms with van der Waals surface area (Å²) in [6, 6.07) is 0. The zero-order valence-electron chi connectivity index (χ0n) is 3.71. The molecule has 0 rings (SSSR count). The first-order chi connectivity index (χ1) is 0. The van der Waals surface area contributed by atoms with Crippen molar-refractivity contribution < 1.29 is 77.8 Å². The molecule has 0 radical (unpaired) electrons. The Kier molecular flexibility index (Phi) is 526. The maximum absolute atomic E-state index is 0. The van der Waals surface area contributed by atoms with Crippen molar-refractivity contribution in [3.63, 3.8) is 0 Å². The summed E-state index contributed by atoms with van der Waals surface area (Å²) in [5, 5.41) is 0. The van der Waals surface area contributed by atoms with Gasteiger partial charge in [0, 0.05) is 0 Å². The van der Waals surface area contributed by atoms with Gasteiger partial charge in [-0.1, -0.05) is 0 Å². The quantitative estimate of drug-likeness (QED) is 0.316. The van der Waals surface area contributed by atoms with Gasteiger partial charge in [-0.05, 0) is 0 Å². The molecule has 0 N–H and O–H groups in total. The summed E-state index contributed by atoms with van der Waals surface area (Å²) in [4.78, 5) is 0. The molecule has 5 heavy (non-hydrogen) atoms. The zero-order valence-corrected chi connectivity index (χ0v) is 7.55. The van der Waals surface area contributed by atoms with E-state index in [-0.39, 0.29) is 77.8 Å². The standard InChI is InChI=1S/3FH.Na.Y.H/h3*1H;;;/q;;;+1;+3;-1/p-3. The third-order valence-electron chi connectivity index (χ3n) is 0. The molecule has 0 spiro atoms. The number of rotatable bonds is 0. The van der Waals surface area contributed by atoms with Crippen molar-refractivity contribution in [2.24, 2.45) is 0 Å². The molecule has 0 nitrogen and oxygen atoms in total. The van der Waals surface area contributed by atoms with Crippen molar-refractivity contribution in [2.75, 3.05) is 0 Å². The summed E-state index contributed by atoms with van der Waals surface area (Å²) < 4.78 is 0. The minimum Gasteiger partial charge on any atom is -1.00 e. The molecule has 0 aromatic carbocycles. The predicted octanol–water partition coefficient (Wildman–Crippen LogP) is -11.9. The van der Waals surface area contributed by atoms with Crippen LogP contribution in [0.4, 0.5) is 0 Å². The predicted molar refractivity (Wildman–Crippen MR) is 1.11 cm³/mol. The Balaban J connectivity index is 0. The first-order valence-corrected chi connectivity index (χ1v) is 0. The molecular formula is HF3NaY. The average Bonchev–Trinajstić information content (AvgIpc) is 0. The average molecular weight is 170 g/mol. The minimum absolute atomic E-state index is 0. The molecule has 0 saturated carbocycles. The molecule has 26 valence electrons. The van der Waals surface area contributed by atoms with Crippen LogP contribution in [-0.2, 0) is 32.7 Å². The summed E-state index contributed by atoms with van der Waals surface area (Å²) in [7, 11) is 0. The van der Waals surface area contributed by atoms with Gasteiger partial charge in [0.25, 0.3) is 0 Å². The van der Waals surface area contributed by atoms with Crippen molar-refractivity contribution in [2.45, 2.75) is 0 Å². The summed E-state index contributed by atoms with van der Waals surface area (Å²) in [5.74, 6) is 0. The van der Waals surface area contributed by atoms with Crippen LogP contribution in [0.3, 0.4) is 0 Å². The molecule has 0 aliphatic carbocycles. The molecule has 5 heteroatoms. The van der Waals surface area contributed by atoms with Crippen molar-refractivity contribution >= 4 is 0 Å². The molecular weight excluding hydrogens is 169 g/mol. The van der Waals surface area contributed by atoms with Gasteiger partial charge >= 0.3 is 62.3 Å². The van der Waals surface area contributed by atoms with Crippen molar-refractivity contribution in [1.29, 1.82) is 0 Å². The van der Waals surface area contributed by atoms with Crippen LogP contribution >= 0.6 is 0 Å². The molecule has 0 aromatic rings. The number of halogens is 3. The fourth-order valence-corrected chi connectivity index (χ4v) is 0. The van der Waals surface area contributed by atoms with E-state index in [0.29, 0.717) is 0 Å². The largest absolute Gasteiger partial charge is 3.00 e. The second-order valence-corrected chi connectivity index (χ2v) is 0. The topological polar surface area (TPSA) is 0 Å². The first-order valence-electron chi connectivity index (χ1n) is 0. The molecule has 0 heterocycles.